The highest BCUT2D eigenvalue weighted by Crippen LogP contribution is 2.30. The van der Waals surface area contributed by atoms with Gasteiger partial charge in [0.1, 0.15) is 5.75 Å². The Bertz CT molecular complexity index is 428. The molecule has 0 aliphatic carbocycles. The molecular formula is C9H5Cl2NO2. The largest absolute Gasteiger partial charge is 0.448 e. The van der Waals surface area contributed by atoms with Crippen LogP contribution in [0.2, 0.25) is 10.0 Å². The van der Waals surface area contributed by atoms with Gasteiger partial charge in [-0.2, -0.15) is 4.98 Å². The number of hydrogen-bond donors (Lipinski definition) is 0. The summed E-state index contributed by atoms with van der Waals surface area (Å²) in [6.45, 7) is 0. The molecule has 3 nitrogen and oxygen atoms in total. The minimum Gasteiger partial charge on any atom is -0.448 e. The van der Waals surface area contributed by atoms with Gasteiger partial charge in [-0.25, -0.2) is 0 Å². The lowest BCUT2D eigenvalue weighted by molar-refractivity contribution is 0.457. The predicted octanol–water partition coefficient (Wildman–Crippen LogP) is 3.77. The highest BCUT2D eigenvalue weighted by molar-refractivity contribution is 6.35. The van der Waals surface area contributed by atoms with Crippen LogP contribution in [0.3, 0.4) is 0 Å². The lowest BCUT2D eigenvalue weighted by Crippen LogP contribution is -1.84. The summed E-state index contributed by atoms with van der Waals surface area (Å²) >= 11 is 11.6. The fourth-order valence-corrected chi connectivity index (χ4v) is 1.37. The van der Waals surface area contributed by atoms with Crippen LogP contribution in [0.4, 0.5) is 0 Å². The van der Waals surface area contributed by atoms with Crippen LogP contribution in [0, 0.1) is 0 Å². The summed E-state index contributed by atoms with van der Waals surface area (Å²) < 4.78 is 10.1. The molecular weight excluding hydrogens is 225 g/mol. The number of benzene rings is 1. The van der Waals surface area contributed by atoms with Crippen LogP contribution in [0.25, 0.3) is 0 Å². The van der Waals surface area contributed by atoms with Crippen molar-refractivity contribution in [3.05, 3.63) is 40.9 Å². The lowest BCUT2D eigenvalue weighted by Gasteiger charge is -2.03. The first-order valence-electron chi connectivity index (χ1n) is 3.77. The molecule has 0 aliphatic heterocycles. The van der Waals surface area contributed by atoms with Crippen LogP contribution < -0.4 is 4.74 Å². The van der Waals surface area contributed by atoms with Crippen LogP contribution >= 0.6 is 23.2 Å². The molecule has 0 saturated heterocycles. The van der Waals surface area contributed by atoms with Gasteiger partial charge in [0.05, 0.1) is 5.02 Å². The van der Waals surface area contributed by atoms with E-state index < -0.39 is 0 Å². The number of ether oxygens (including phenoxy) is 1. The monoisotopic (exact) mass is 229 g/mol. The maximum Gasteiger partial charge on any atom is 0.258 e. The molecule has 72 valence electrons. The summed E-state index contributed by atoms with van der Waals surface area (Å²) in [5.41, 5.74) is 0. The number of hydrogen-bond acceptors (Lipinski definition) is 3. The van der Waals surface area contributed by atoms with Gasteiger partial charge >= 0.3 is 0 Å². The third-order valence-electron chi connectivity index (χ3n) is 1.52. The van der Waals surface area contributed by atoms with Crippen molar-refractivity contribution >= 4 is 23.2 Å². The third kappa shape index (κ3) is 2.00. The standard InChI is InChI=1S/C9H5Cl2NO2/c10-6-1-2-8(7(11)3-6)14-9-4-13-5-12-9/h1-5H. The average molecular weight is 230 g/mol. The van der Waals surface area contributed by atoms with Crippen molar-refractivity contribution in [2.45, 2.75) is 0 Å². The van der Waals surface area contributed by atoms with Gasteiger partial charge in [-0.3, -0.25) is 0 Å². The predicted molar refractivity (Wildman–Crippen MR) is 53.0 cm³/mol. The summed E-state index contributed by atoms with van der Waals surface area (Å²) in [4.78, 5) is 3.79. The van der Waals surface area contributed by atoms with Gasteiger partial charge in [0.2, 0.25) is 0 Å². The molecule has 5 heteroatoms. The van der Waals surface area contributed by atoms with Gasteiger partial charge in [-0.15, -0.1) is 0 Å². The molecule has 0 radical (unpaired) electrons. The minimum absolute atomic E-state index is 0.356. The van der Waals surface area contributed by atoms with Gasteiger partial charge in [0, 0.05) is 5.02 Å². The second-order valence-corrected chi connectivity index (χ2v) is 3.35. The zero-order valence-corrected chi connectivity index (χ0v) is 8.42. The van der Waals surface area contributed by atoms with Gasteiger partial charge in [-0.05, 0) is 18.2 Å². The fraction of sp³-hybridized carbons (Fsp3) is 0. The van der Waals surface area contributed by atoms with E-state index >= 15 is 0 Å². The van der Waals surface area contributed by atoms with Gasteiger partial charge in [-0.1, -0.05) is 23.2 Å². The van der Waals surface area contributed by atoms with E-state index in [1.165, 1.54) is 12.7 Å². The Morgan fingerprint density at radius 1 is 1.29 bits per heavy atom. The first-order chi connectivity index (χ1) is 6.75. The molecule has 0 bridgehead atoms. The van der Waals surface area contributed by atoms with Crippen molar-refractivity contribution < 1.29 is 9.15 Å². The van der Waals surface area contributed by atoms with E-state index in [4.69, 9.17) is 32.4 Å². The lowest BCUT2D eigenvalue weighted by atomic mass is 10.3. The Labute approximate surface area is 90.2 Å². The Morgan fingerprint density at radius 2 is 2.14 bits per heavy atom. The first kappa shape index (κ1) is 9.37. The zero-order valence-electron chi connectivity index (χ0n) is 6.91. The van der Waals surface area contributed by atoms with Crippen LogP contribution in [0.5, 0.6) is 11.6 Å². The van der Waals surface area contributed by atoms with Crippen molar-refractivity contribution in [3.8, 4) is 11.6 Å². The quantitative estimate of drug-likeness (QED) is 0.787. The van der Waals surface area contributed by atoms with Crippen LogP contribution in [-0.4, -0.2) is 4.98 Å². The molecule has 1 aromatic carbocycles. The molecule has 0 saturated carbocycles. The maximum absolute atomic E-state index is 5.88. The minimum atomic E-state index is 0.356. The number of rotatable bonds is 2. The highest BCUT2D eigenvalue weighted by Gasteiger charge is 2.05. The Kier molecular flexibility index (Phi) is 2.61. The molecule has 0 amide bonds. The maximum atomic E-state index is 5.88. The number of halogens is 2. The second kappa shape index (κ2) is 3.90. The molecule has 14 heavy (non-hydrogen) atoms. The van der Waals surface area contributed by atoms with Gasteiger partial charge in [0.25, 0.3) is 5.88 Å². The van der Waals surface area contributed by atoms with E-state index in [0.29, 0.717) is 21.7 Å². The number of oxazole rings is 1. The molecule has 0 N–H and O–H groups in total. The Morgan fingerprint density at radius 3 is 2.79 bits per heavy atom. The van der Waals surface area contributed by atoms with E-state index in [-0.39, 0.29) is 0 Å². The van der Waals surface area contributed by atoms with E-state index in [0.717, 1.165) is 0 Å². The fourth-order valence-electron chi connectivity index (χ4n) is 0.922. The third-order valence-corrected chi connectivity index (χ3v) is 2.05. The molecule has 0 spiro atoms. The summed E-state index contributed by atoms with van der Waals surface area (Å²) in [6.07, 6.45) is 2.66. The highest BCUT2D eigenvalue weighted by atomic mass is 35.5. The zero-order chi connectivity index (χ0) is 9.97. The number of nitrogens with zero attached hydrogens (tertiary/aromatic N) is 1. The Hall–Kier alpha value is -1.19. The Balaban J connectivity index is 2.25. The molecule has 0 atom stereocenters. The van der Waals surface area contributed by atoms with E-state index in [1.807, 2.05) is 0 Å². The summed E-state index contributed by atoms with van der Waals surface area (Å²) in [5, 5.41) is 0.989. The summed E-state index contributed by atoms with van der Waals surface area (Å²) in [5.74, 6) is 0.846. The average Bonchev–Trinajstić information content (AvgIpc) is 2.62. The second-order valence-electron chi connectivity index (χ2n) is 2.50. The van der Waals surface area contributed by atoms with Crippen molar-refractivity contribution in [2.75, 3.05) is 0 Å². The SMILES string of the molecule is Clc1ccc(Oc2cocn2)c(Cl)c1. The van der Waals surface area contributed by atoms with Gasteiger partial charge < -0.3 is 9.15 Å². The van der Waals surface area contributed by atoms with Crippen molar-refractivity contribution in [2.24, 2.45) is 0 Å². The van der Waals surface area contributed by atoms with Crippen LogP contribution in [-0.2, 0) is 0 Å². The van der Waals surface area contributed by atoms with Crippen LogP contribution in [0.1, 0.15) is 0 Å². The summed E-state index contributed by atoms with van der Waals surface area (Å²) in [6, 6.07) is 4.95. The van der Waals surface area contributed by atoms with E-state index in [1.54, 1.807) is 18.2 Å². The van der Waals surface area contributed by atoms with Crippen molar-refractivity contribution in [3.63, 3.8) is 0 Å². The molecule has 1 heterocycles. The molecule has 0 unspecified atom stereocenters. The van der Waals surface area contributed by atoms with E-state index in [2.05, 4.69) is 4.98 Å². The van der Waals surface area contributed by atoms with Gasteiger partial charge in [0.15, 0.2) is 12.7 Å². The summed E-state index contributed by atoms with van der Waals surface area (Å²) in [7, 11) is 0. The molecule has 2 rings (SSSR count). The van der Waals surface area contributed by atoms with E-state index in [9.17, 15) is 0 Å². The molecule has 2 aromatic rings. The van der Waals surface area contributed by atoms with Crippen molar-refractivity contribution in [1.82, 2.24) is 4.98 Å². The molecule has 0 aliphatic rings. The molecule has 1 aromatic heterocycles. The normalized spacial score (nSPS) is 10.1. The number of aromatic nitrogens is 1. The van der Waals surface area contributed by atoms with Crippen molar-refractivity contribution in [1.29, 1.82) is 0 Å². The topological polar surface area (TPSA) is 35.3 Å². The smallest absolute Gasteiger partial charge is 0.258 e. The van der Waals surface area contributed by atoms with Crippen LogP contribution in [0.15, 0.2) is 35.3 Å². The molecule has 0 fully saturated rings. The first-order valence-corrected chi connectivity index (χ1v) is 4.52.